The number of fused-ring (bicyclic) bond motifs is 2. The fourth-order valence-corrected chi connectivity index (χ4v) is 10.2. The number of rotatable bonds is 13. The molecule has 356 valence electrons. The Morgan fingerprint density at radius 2 is 1.70 bits per heavy atom. The van der Waals surface area contributed by atoms with Crippen LogP contribution in [0.25, 0.3) is 22.2 Å². The van der Waals surface area contributed by atoms with Crippen molar-refractivity contribution in [3.63, 3.8) is 0 Å². The Morgan fingerprint density at radius 1 is 0.942 bits per heavy atom. The van der Waals surface area contributed by atoms with Crippen molar-refractivity contribution in [2.75, 3.05) is 63.1 Å². The van der Waals surface area contributed by atoms with E-state index in [0.29, 0.717) is 131 Å². The third-order valence-corrected chi connectivity index (χ3v) is 13.7. The summed E-state index contributed by atoms with van der Waals surface area (Å²) in [5, 5.41) is 24.7. The fourth-order valence-electron chi connectivity index (χ4n) is 9.53. The van der Waals surface area contributed by atoms with Crippen molar-refractivity contribution in [2.24, 2.45) is 5.92 Å². The first kappa shape index (κ1) is 46.8. The first-order chi connectivity index (χ1) is 33.3. The van der Waals surface area contributed by atoms with E-state index in [1.165, 1.54) is 18.5 Å². The number of carbonyl (C=O) groups is 6. The van der Waals surface area contributed by atoms with E-state index in [1.54, 1.807) is 42.5 Å². The SMILES string of the molecule is COc1cc2[nH]nc(-c3cnc(N4CCN(C(=O)C5CCN(C(=O)CCCNc6cccc7c6C(=O)N(C6CCC(=O)NC6=O)C7=O)CC5)CC4)c(C#N)c3)c2cc1O[C@H](C)c1c(Cl)cncc1Cl. The molecule has 3 fully saturated rings. The zero-order valence-electron chi connectivity index (χ0n) is 37.7. The number of pyridine rings is 2. The summed E-state index contributed by atoms with van der Waals surface area (Å²) in [5.41, 5.74) is 3.59. The maximum absolute atomic E-state index is 13.7. The molecule has 5 aromatic rings. The molecule has 7 heterocycles. The number of H-pyrrole nitrogens is 1. The predicted molar refractivity (Wildman–Crippen MR) is 253 cm³/mol. The van der Waals surface area contributed by atoms with Crippen LogP contribution in [-0.2, 0) is 19.2 Å². The molecule has 4 aliphatic heterocycles. The van der Waals surface area contributed by atoms with Crippen molar-refractivity contribution in [2.45, 2.75) is 57.6 Å². The molecule has 21 heteroatoms. The summed E-state index contributed by atoms with van der Waals surface area (Å²) in [6.07, 6.45) is 6.05. The molecule has 3 N–H and O–H groups in total. The van der Waals surface area contributed by atoms with Gasteiger partial charge in [-0.3, -0.25) is 49.1 Å². The summed E-state index contributed by atoms with van der Waals surface area (Å²) < 4.78 is 12.0. The average molecular weight is 977 g/mol. The zero-order valence-corrected chi connectivity index (χ0v) is 39.2. The summed E-state index contributed by atoms with van der Waals surface area (Å²) in [7, 11) is 1.54. The van der Waals surface area contributed by atoms with Gasteiger partial charge in [0.05, 0.1) is 39.4 Å². The van der Waals surface area contributed by atoms with Crippen LogP contribution in [0.5, 0.6) is 11.5 Å². The number of imide groups is 2. The number of likely N-dealkylation sites (tertiary alicyclic amines) is 1. The van der Waals surface area contributed by atoms with Gasteiger partial charge in [-0.1, -0.05) is 29.3 Å². The molecular weight excluding hydrogens is 930 g/mol. The Balaban J connectivity index is 0.753. The molecular formula is C48H47Cl2N11O8. The van der Waals surface area contributed by atoms with Crippen LogP contribution in [0.3, 0.4) is 0 Å². The van der Waals surface area contributed by atoms with E-state index < -0.39 is 35.8 Å². The molecule has 69 heavy (non-hydrogen) atoms. The Morgan fingerprint density at radius 3 is 2.41 bits per heavy atom. The van der Waals surface area contributed by atoms with E-state index in [0.717, 1.165) is 4.90 Å². The lowest BCUT2D eigenvalue weighted by molar-refractivity contribution is -0.141. The second kappa shape index (κ2) is 19.7. The highest BCUT2D eigenvalue weighted by Gasteiger charge is 2.45. The van der Waals surface area contributed by atoms with Crippen molar-refractivity contribution in [3.05, 3.63) is 87.3 Å². The molecule has 0 saturated carbocycles. The molecule has 3 aromatic heterocycles. The summed E-state index contributed by atoms with van der Waals surface area (Å²) in [5.74, 6) is -1.07. The van der Waals surface area contributed by atoms with Gasteiger partial charge < -0.3 is 29.5 Å². The van der Waals surface area contributed by atoms with Gasteiger partial charge in [0.1, 0.15) is 29.7 Å². The van der Waals surface area contributed by atoms with Crippen LogP contribution < -0.4 is 25.0 Å². The Bertz CT molecular complexity index is 2920. The number of methoxy groups -OCH3 is 1. The standard InChI is InChI=1S/C48H47Cl2N11O8/c1-26(41-32(49)24-52-25-33(41)50)69-38-20-31-35(21-37(38)68-2)56-57-43(31)29-19-28(22-51)44(54-23-29)59-15-17-60(18-16-59)46(65)27-10-13-58(14-11-27)40(63)7-4-12-53-34-6-3-5-30-42(34)48(67)61(47(30)66)36-8-9-39(62)55-45(36)64/h3,5-6,19-21,23-27,36,53H,4,7-18H2,1-2H3,(H,56,57)(H,55,62,64)/t26-,36?/m1/s1. The van der Waals surface area contributed by atoms with Crippen molar-refractivity contribution in [3.8, 4) is 28.8 Å². The lowest BCUT2D eigenvalue weighted by atomic mass is 9.94. The molecule has 6 amide bonds. The number of ether oxygens (including phenoxy) is 2. The van der Waals surface area contributed by atoms with Crippen molar-refractivity contribution in [1.29, 1.82) is 5.26 Å². The number of nitrogens with zero attached hydrogens (tertiary/aromatic N) is 8. The third-order valence-electron chi connectivity index (χ3n) is 13.1. The maximum Gasteiger partial charge on any atom is 0.264 e. The normalized spacial score (nSPS) is 18.0. The Hall–Kier alpha value is -7.30. The lowest BCUT2D eigenvalue weighted by Crippen LogP contribution is -2.54. The molecule has 0 bridgehead atoms. The fraction of sp³-hybridized carbons (Fsp3) is 0.375. The van der Waals surface area contributed by atoms with Crippen molar-refractivity contribution in [1.82, 2.24) is 40.2 Å². The summed E-state index contributed by atoms with van der Waals surface area (Å²) in [6, 6.07) is 11.4. The second-order valence-corrected chi connectivity index (χ2v) is 18.1. The number of anilines is 2. The van der Waals surface area contributed by atoms with Crippen LogP contribution in [0.1, 0.15) is 83.4 Å². The molecule has 19 nitrogen and oxygen atoms in total. The van der Waals surface area contributed by atoms with E-state index in [-0.39, 0.29) is 48.1 Å². The van der Waals surface area contributed by atoms with Crippen LogP contribution in [0.15, 0.2) is 55.0 Å². The topological polar surface area (TPSA) is 236 Å². The van der Waals surface area contributed by atoms with E-state index in [4.69, 9.17) is 37.7 Å². The number of halogens is 2. The number of piperidine rings is 2. The minimum atomic E-state index is -1.06. The number of carbonyl (C=O) groups excluding carboxylic acids is 6. The Kier molecular flexibility index (Phi) is 13.4. The van der Waals surface area contributed by atoms with Gasteiger partial charge in [0.15, 0.2) is 11.5 Å². The second-order valence-electron chi connectivity index (χ2n) is 17.3. The molecule has 9 rings (SSSR count). The number of piperazine rings is 1. The van der Waals surface area contributed by atoms with Crippen molar-refractivity contribution < 1.29 is 38.2 Å². The summed E-state index contributed by atoms with van der Waals surface area (Å²) in [6.45, 7) is 5.00. The van der Waals surface area contributed by atoms with Gasteiger partial charge in [-0.15, -0.1) is 0 Å². The number of nitrogens with one attached hydrogen (secondary N) is 3. The highest BCUT2D eigenvalue weighted by atomic mass is 35.5. The predicted octanol–water partition coefficient (Wildman–Crippen LogP) is 5.53. The van der Waals surface area contributed by atoms with Gasteiger partial charge in [0, 0.05) is 111 Å². The zero-order chi connectivity index (χ0) is 48.5. The molecule has 0 radical (unpaired) electrons. The molecule has 3 saturated heterocycles. The number of nitriles is 1. The van der Waals surface area contributed by atoms with Crippen LogP contribution in [-0.4, -0.2) is 129 Å². The number of hydrogen-bond acceptors (Lipinski definition) is 14. The van der Waals surface area contributed by atoms with E-state index >= 15 is 0 Å². The molecule has 0 spiro atoms. The van der Waals surface area contributed by atoms with Crippen LogP contribution in [0.4, 0.5) is 11.5 Å². The molecule has 4 aliphatic rings. The molecule has 1 unspecified atom stereocenters. The number of hydrogen-bond donors (Lipinski definition) is 3. The minimum absolute atomic E-state index is 0.0284. The van der Waals surface area contributed by atoms with E-state index in [9.17, 15) is 34.0 Å². The number of benzene rings is 2. The first-order valence-corrected chi connectivity index (χ1v) is 23.4. The lowest BCUT2D eigenvalue weighted by Gasteiger charge is -2.39. The van der Waals surface area contributed by atoms with Gasteiger partial charge in [-0.25, -0.2) is 4.98 Å². The Labute approximate surface area is 406 Å². The monoisotopic (exact) mass is 975 g/mol. The van der Waals surface area contributed by atoms with E-state index in [1.807, 2.05) is 22.8 Å². The number of aromatic nitrogens is 4. The number of aromatic amines is 1. The largest absolute Gasteiger partial charge is 0.493 e. The van der Waals surface area contributed by atoms with Gasteiger partial charge in [-0.05, 0) is 56.9 Å². The molecule has 0 aliphatic carbocycles. The minimum Gasteiger partial charge on any atom is -0.493 e. The van der Waals surface area contributed by atoms with Crippen LogP contribution in [0, 0.1) is 17.2 Å². The van der Waals surface area contributed by atoms with Crippen LogP contribution in [0.2, 0.25) is 10.0 Å². The van der Waals surface area contributed by atoms with Crippen LogP contribution >= 0.6 is 23.2 Å². The smallest absolute Gasteiger partial charge is 0.264 e. The van der Waals surface area contributed by atoms with Gasteiger partial charge in [-0.2, -0.15) is 10.4 Å². The average Bonchev–Trinajstić information content (AvgIpc) is 3.88. The number of amides is 6. The third kappa shape index (κ3) is 9.21. The first-order valence-electron chi connectivity index (χ1n) is 22.7. The highest BCUT2D eigenvalue weighted by Crippen LogP contribution is 2.41. The van der Waals surface area contributed by atoms with Gasteiger partial charge in [0.25, 0.3) is 11.8 Å². The quantitative estimate of drug-likeness (QED) is 0.0973. The summed E-state index contributed by atoms with van der Waals surface area (Å²) in [4.78, 5) is 93.0. The maximum atomic E-state index is 13.7. The van der Waals surface area contributed by atoms with Gasteiger partial charge >= 0.3 is 0 Å². The molecule has 2 aromatic carbocycles. The summed E-state index contributed by atoms with van der Waals surface area (Å²) >= 11 is 12.8. The molecule has 2 atom stereocenters. The van der Waals surface area contributed by atoms with Gasteiger partial charge in [0.2, 0.25) is 23.6 Å². The van der Waals surface area contributed by atoms with E-state index in [2.05, 4.69) is 31.9 Å². The highest BCUT2D eigenvalue weighted by molar-refractivity contribution is 6.35. The van der Waals surface area contributed by atoms with Crippen molar-refractivity contribution >= 4 is 81.1 Å².